The Bertz CT molecular complexity index is 1280. The van der Waals surface area contributed by atoms with Crippen molar-refractivity contribution >= 4 is 23.1 Å². The maximum atomic E-state index is 14.2. The van der Waals surface area contributed by atoms with Crippen LogP contribution in [-0.4, -0.2) is 64.0 Å². The maximum absolute atomic E-state index is 14.2. The van der Waals surface area contributed by atoms with Gasteiger partial charge in [0.25, 0.3) is 5.91 Å². The minimum Gasteiger partial charge on any atom is -0.369 e. The Balaban J connectivity index is 1.45. The number of hydrogen-bond acceptors (Lipinski definition) is 6. The molecule has 2 amide bonds. The first-order valence-corrected chi connectivity index (χ1v) is 12.4. The molecule has 0 radical (unpaired) electrons. The molecule has 9 nitrogen and oxygen atoms in total. The van der Waals surface area contributed by atoms with Crippen LogP contribution in [0.1, 0.15) is 59.2 Å². The van der Waals surface area contributed by atoms with E-state index >= 15 is 0 Å². The van der Waals surface area contributed by atoms with Crippen LogP contribution < -0.4 is 16.0 Å². The molecular weight excluding hydrogens is 461 g/mol. The first-order valence-electron chi connectivity index (χ1n) is 12.4. The lowest BCUT2D eigenvalue weighted by Crippen LogP contribution is -2.46. The number of halogens is 1. The van der Waals surface area contributed by atoms with Crippen molar-refractivity contribution in [3.05, 3.63) is 58.3 Å². The van der Waals surface area contributed by atoms with Gasteiger partial charge < -0.3 is 20.9 Å². The number of carbonyl (C=O) groups is 2. The zero-order valence-electron chi connectivity index (χ0n) is 21.3. The van der Waals surface area contributed by atoms with E-state index in [2.05, 4.69) is 32.1 Å². The van der Waals surface area contributed by atoms with E-state index in [1.54, 1.807) is 4.52 Å². The summed E-state index contributed by atoms with van der Waals surface area (Å²) < 4.78 is 15.8. The molecule has 0 aliphatic carbocycles. The van der Waals surface area contributed by atoms with Crippen LogP contribution >= 0.6 is 0 Å². The molecule has 1 atom stereocenters. The number of aromatic nitrogens is 3. The fraction of sp³-hybridized carbons (Fsp3) is 0.462. The number of aryl methyl sites for hydroxylation is 2. The topological polar surface area (TPSA) is 109 Å². The van der Waals surface area contributed by atoms with Gasteiger partial charge in [0.1, 0.15) is 11.4 Å². The largest absolute Gasteiger partial charge is 0.369 e. The van der Waals surface area contributed by atoms with Gasteiger partial charge in [-0.05, 0) is 57.5 Å². The molecule has 1 unspecified atom stereocenters. The van der Waals surface area contributed by atoms with Crippen molar-refractivity contribution in [1.82, 2.24) is 24.8 Å². The second-order valence-electron chi connectivity index (χ2n) is 9.33. The smallest absolute Gasteiger partial charge is 0.254 e. The lowest BCUT2D eigenvalue weighted by molar-refractivity contribution is -0.121. The molecule has 1 fully saturated rings. The third-order valence-corrected chi connectivity index (χ3v) is 7.07. The second kappa shape index (κ2) is 10.6. The summed E-state index contributed by atoms with van der Waals surface area (Å²) in [6.07, 6.45) is 2.11. The number of hydrogen-bond donors (Lipinski definition) is 2. The van der Waals surface area contributed by atoms with Crippen LogP contribution in [0.3, 0.4) is 0 Å². The third-order valence-electron chi connectivity index (χ3n) is 7.07. The molecule has 1 aromatic carbocycles. The number of nitrogens with one attached hydrogen (secondary N) is 1. The van der Waals surface area contributed by atoms with Gasteiger partial charge in [-0.1, -0.05) is 6.92 Å². The molecule has 1 aliphatic heterocycles. The molecule has 2 aromatic heterocycles. The van der Waals surface area contributed by atoms with Crippen molar-refractivity contribution in [2.45, 2.75) is 46.6 Å². The van der Waals surface area contributed by atoms with Crippen LogP contribution in [0.2, 0.25) is 0 Å². The highest BCUT2D eigenvalue weighted by Crippen LogP contribution is 2.28. The Morgan fingerprint density at radius 3 is 2.58 bits per heavy atom. The second-order valence-corrected chi connectivity index (χ2v) is 9.33. The van der Waals surface area contributed by atoms with E-state index in [1.165, 1.54) is 18.3 Å². The molecular formula is C26H34FN7O2. The van der Waals surface area contributed by atoms with Gasteiger partial charge in [0.2, 0.25) is 5.91 Å². The minimum atomic E-state index is -0.582. The fourth-order valence-corrected chi connectivity index (χ4v) is 4.94. The predicted octanol–water partition coefficient (Wildman–Crippen LogP) is 2.54. The fourth-order valence-electron chi connectivity index (χ4n) is 4.94. The van der Waals surface area contributed by atoms with Crippen LogP contribution in [-0.2, 0) is 11.2 Å². The molecule has 4 rings (SSSR count). The SMILES string of the molecule is CCN1CCN(c2ccc(F)cc2C(C)NC(=O)CCc2c(C)nc3c(C(N)=O)cnn3c2C)CC1. The molecule has 36 heavy (non-hydrogen) atoms. The Kier molecular flexibility index (Phi) is 7.53. The summed E-state index contributed by atoms with van der Waals surface area (Å²) in [6.45, 7) is 12.4. The number of carbonyl (C=O) groups excluding carboxylic acids is 2. The number of primary amides is 1. The molecule has 3 N–H and O–H groups in total. The van der Waals surface area contributed by atoms with Crippen molar-refractivity contribution < 1.29 is 14.0 Å². The summed E-state index contributed by atoms with van der Waals surface area (Å²) in [5.41, 5.74) is 10.3. The van der Waals surface area contributed by atoms with E-state index in [0.29, 0.717) is 12.1 Å². The predicted molar refractivity (Wildman–Crippen MR) is 137 cm³/mol. The van der Waals surface area contributed by atoms with E-state index in [0.717, 1.165) is 60.9 Å². The highest BCUT2D eigenvalue weighted by atomic mass is 19.1. The minimum absolute atomic E-state index is 0.134. The van der Waals surface area contributed by atoms with E-state index in [9.17, 15) is 14.0 Å². The Morgan fingerprint density at radius 1 is 1.19 bits per heavy atom. The Labute approximate surface area is 210 Å². The third kappa shape index (κ3) is 5.18. The molecule has 0 bridgehead atoms. The molecule has 3 heterocycles. The van der Waals surface area contributed by atoms with Gasteiger partial charge in [0.15, 0.2) is 5.65 Å². The summed E-state index contributed by atoms with van der Waals surface area (Å²) >= 11 is 0. The zero-order valence-corrected chi connectivity index (χ0v) is 21.3. The zero-order chi connectivity index (χ0) is 26.0. The highest BCUT2D eigenvalue weighted by molar-refractivity contribution is 5.98. The molecule has 1 saturated heterocycles. The van der Waals surface area contributed by atoms with Crippen LogP contribution in [0.4, 0.5) is 10.1 Å². The van der Waals surface area contributed by atoms with Gasteiger partial charge in [-0.15, -0.1) is 0 Å². The highest BCUT2D eigenvalue weighted by Gasteiger charge is 2.22. The first-order chi connectivity index (χ1) is 17.2. The van der Waals surface area contributed by atoms with Gasteiger partial charge in [0.05, 0.1) is 12.2 Å². The van der Waals surface area contributed by atoms with E-state index in [1.807, 2.05) is 26.8 Å². The molecule has 3 aromatic rings. The van der Waals surface area contributed by atoms with E-state index < -0.39 is 5.91 Å². The van der Waals surface area contributed by atoms with Crippen LogP contribution in [0, 0.1) is 19.7 Å². The molecule has 1 aliphatic rings. The average Bonchev–Trinajstić information content (AvgIpc) is 3.28. The van der Waals surface area contributed by atoms with Crippen molar-refractivity contribution in [3.8, 4) is 0 Å². The summed E-state index contributed by atoms with van der Waals surface area (Å²) in [6, 6.07) is 4.46. The lowest BCUT2D eigenvalue weighted by Gasteiger charge is -2.37. The number of likely N-dealkylation sites (N-methyl/N-ethyl adjacent to an activating group) is 1. The maximum Gasteiger partial charge on any atom is 0.254 e. The van der Waals surface area contributed by atoms with Crippen molar-refractivity contribution in [2.24, 2.45) is 5.73 Å². The monoisotopic (exact) mass is 495 g/mol. The quantitative estimate of drug-likeness (QED) is 0.497. The lowest BCUT2D eigenvalue weighted by atomic mass is 10.0. The first kappa shape index (κ1) is 25.6. The molecule has 0 saturated carbocycles. The van der Waals surface area contributed by atoms with Crippen LogP contribution in [0.15, 0.2) is 24.4 Å². The number of piperazine rings is 1. The van der Waals surface area contributed by atoms with E-state index in [4.69, 9.17) is 5.73 Å². The van der Waals surface area contributed by atoms with Gasteiger partial charge in [0, 0.05) is 55.2 Å². The number of rotatable bonds is 8. The summed E-state index contributed by atoms with van der Waals surface area (Å²) in [5.74, 6) is -1.03. The molecule has 10 heteroatoms. The molecule has 192 valence electrons. The van der Waals surface area contributed by atoms with Gasteiger partial charge in [-0.2, -0.15) is 5.10 Å². The Hall–Kier alpha value is -3.53. The van der Waals surface area contributed by atoms with Crippen molar-refractivity contribution in [2.75, 3.05) is 37.6 Å². The molecule has 0 spiro atoms. The number of anilines is 1. The normalized spacial score (nSPS) is 15.3. The average molecular weight is 496 g/mol. The van der Waals surface area contributed by atoms with E-state index in [-0.39, 0.29) is 29.8 Å². The van der Waals surface area contributed by atoms with Gasteiger partial charge >= 0.3 is 0 Å². The van der Waals surface area contributed by atoms with Gasteiger partial charge in [-0.3, -0.25) is 9.59 Å². The summed E-state index contributed by atoms with van der Waals surface area (Å²) in [5, 5.41) is 7.28. The summed E-state index contributed by atoms with van der Waals surface area (Å²) in [4.78, 5) is 33.7. The Morgan fingerprint density at radius 2 is 1.92 bits per heavy atom. The number of nitrogens with zero attached hydrogens (tertiary/aromatic N) is 5. The van der Waals surface area contributed by atoms with Crippen molar-refractivity contribution in [3.63, 3.8) is 0 Å². The number of nitrogens with two attached hydrogens (primary N) is 1. The van der Waals surface area contributed by atoms with Crippen LogP contribution in [0.5, 0.6) is 0 Å². The van der Waals surface area contributed by atoms with Crippen molar-refractivity contribution in [1.29, 1.82) is 0 Å². The standard InChI is InChI=1S/C26H34FN7O2/c1-5-32-10-12-33(13-11-32)23-8-6-19(27)14-21(23)17(3)30-24(35)9-7-20-16(2)31-26-22(25(28)36)15-29-34(26)18(20)4/h6,8,14-15,17H,5,7,9-13H2,1-4H3,(H2,28,36)(H,30,35). The number of amides is 2. The van der Waals surface area contributed by atoms with Crippen LogP contribution in [0.25, 0.3) is 5.65 Å². The summed E-state index contributed by atoms with van der Waals surface area (Å²) in [7, 11) is 0. The number of benzene rings is 1. The number of fused-ring (bicyclic) bond motifs is 1. The van der Waals surface area contributed by atoms with Gasteiger partial charge in [-0.25, -0.2) is 13.9 Å².